The van der Waals surface area contributed by atoms with Crippen molar-refractivity contribution in [3.63, 3.8) is 0 Å². The minimum Gasteiger partial charge on any atom is -0.507 e. The molecule has 0 bridgehead atoms. The second kappa shape index (κ2) is 8.70. The summed E-state index contributed by atoms with van der Waals surface area (Å²) >= 11 is 5.80. The van der Waals surface area contributed by atoms with E-state index in [0.717, 1.165) is 0 Å². The summed E-state index contributed by atoms with van der Waals surface area (Å²) in [5.41, 5.74) is 2.82. The summed E-state index contributed by atoms with van der Waals surface area (Å²) in [6.07, 6.45) is 1.18. The number of phenolic OH excluding ortho intramolecular Hbond substituents is 1. The number of nitrogens with zero attached hydrogens (tertiary/aromatic N) is 1. The molecule has 3 N–H and O–H groups in total. The Kier molecular flexibility index (Phi) is 6.36. The minimum absolute atomic E-state index is 0.0544. The van der Waals surface area contributed by atoms with E-state index >= 15 is 0 Å². The van der Waals surface area contributed by atoms with Gasteiger partial charge in [-0.2, -0.15) is 5.10 Å². The molecule has 0 atom stereocenters. The number of carbonyl (C=O) groups is 2. The van der Waals surface area contributed by atoms with Crippen LogP contribution in [0.1, 0.15) is 12.5 Å². The summed E-state index contributed by atoms with van der Waals surface area (Å²) in [4.78, 5) is 23.5. The fourth-order valence-electron chi connectivity index (χ4n) is 1.83. The molecular weight excluding hydrogens is 346 g/mol. The van der Waals surface area contributed by atoms with Gasteiger partial charge >= 0.3 is 11.8 Å². The molecule has 0 radical (unpaired) electrons. The Morgan fingerprint density at radius 1 is 1.20 bits per heavy atom. The number of nitrogens with one attached hydrogen (secondary N) is 2. The summed E-state index contributed by atoms with van der Waals surface area (Å²) in [6.45, 7) is 2.40. The largest absolute Gasteiger partial charge is 0.507 e. The summed E-state index contributed by atoms with van der Waals surface area (Å²) in [5.74, 6) is -1.22. The zero-order chi connectivity index (χ0) is 18.2. The van der Waals surface area contributed by atoms with E-state index in [9.17, 15) is 14.7 Å². The number of hydrogen-bond acceptors (Lipinski definition) is 5. The maximum Gasteiger partial charge on any atom is 0.329 e. The molecule has 0 spiro atoms. The standard InChI is InChI=1S/C17H16ClN3O4/c1-2-25-14-6-4-13(5-7-14)20-16(23)17(24)21-19-10-11-9-12(18)3-8-15(11)22/h3-10,22H,2H2,1H3,(H,20,23)(H,21,24)/b19-10-. The lowest BCUT2D eigenvalue weighted by molar-refractivity contribution is -0.136. The van der Waals surface area contributed by atoms with Gasteiger partial charge in [-0.3, -0.25) is 9.59 Å². The van der Waals surface area contributed by atoms with Crippen LogP contribution in [-0.4, -0.2) is 29.7 Å². The molecule has 0 aliphatic carbocycles. The maximum absolute atomic E-state index is 11.8. The van der Waals surface area contributed by atoms with E-state index in [2.05, 4.69) is 15.8 Å². The molecule has 8 heteroatoms. The highest BCUT2D eigenvalue weighted by molar-refractivity contribution is 6.39. The van der Waals surface area contributed by atoms with Crippen molar-refractivity contribution in [1.82, 2.24) is 5.43 Å². The molecule has 0 aliphatic rings. The first-order valence-electron chi connectivity index (χ1n) is 7.35. The number of anilines is 1. The molecule has 0 aromatic heterocycles. The Morgan fingerprint density at radius 3 is 2.60 bits per heavy atom. The van der Waals surface area contributed by atoms with Crippen LogP contribution in [-0.2, 0) is 9.59 Å². The van der Waals surface area contributed by atoms with Gasteiger partial charge in [-0.05, 0) is 49.4 Å². The lowest BCUT2D eigenvalue weighted by Gasteiger charge is -2.06. The molecule has 2 aromatic carbocycles. The van der Waals surface area contributed by atoms with Crippen LogP contribution in [0.25, 0.3) is 0 Å². The van der Waals surface area contributed by atoms with Crippen molar-refractivity contribution in [2.45, 2.75) is 6.92 Å². The van der Waals surface area contributed by atoms with Crippen molar-refractivity contribution in [2.24, 2.45) is 5.10 Å². The first kappa shape index (κ1) is 18.3. The Morgan fingerprint density at radius 2 is 1.92 bits per heavy atom. The van der Waals surface area contributed by atoms with Gasteiger partial charge in [0, 0.05) is 16.3 Å². The summed E-state index contributed by atoms with van der Waals surface area (Å²) in [7, 11) is 0. The van der Waals surface area contributed by atoms with E-state index in [1.165, 1.54) is 24.4 Å². The van der Waals surface area contributed by atoms with Crippen molar-refractivity contribution < 1.29 is 19.4 Å². The van der Waals surface area contributed by atoms with Crippen LogP contribution in [0.2, 0.25) is 5.02 Å². The van der Waals surface area contributed by atoms with Crippen molar-refractivity contribution >= 4 is 35.3 Å². The number of amides is 2. The number of aromatic hydroxyl groups is 1. The number of phenols is 1. The smallest absolute Gasteiger partial charge is 0.329 e. The third-order valence-corrected chi connectivity index (χ3v) is 3.22. The molecule has 130 valence electrons. The molecule has 0 unspecified atom stereocenters. The predicted octanol–water partition coefficient (Wildman–Crippen LogP) is 2.53. The van der Waals surface area contributed by atoms with Gasteiger partial charge in [-0.15, -0.1) is 0 Å². The number of rotatable bonds is 5. The number of hydrogen-bond donors (Lipinski definition) is 3. The monoisotopic (exact) mass is 361 g/mol. The minimum atomic E-state index is -0.952. The van der Waals surface area contributed by atoms with Gasteiger partial charge in [0.05, 0.1) is 12.8 Å². The van der Waals surface area contributed by atoms with E-state index in [4.69, 9.17) is 16.3 Å². The van der Waals surface area contributed by atoms with E-state index in [0.29, 0.717) is 28.6 Å². The van der Waals surface area contributed by atoms with Crippen LogP contribution in [0.15, 0.2) is 47.6 Å². The van der Waals surface area contributed by atoms with Crippen molar-refractivity contribution in [2.75, 3.05) is 11.9 Å². The summed E-state index contributed by atoms with van der Waals surface area (Å²) in [5, 5.41) is 16.1. The molecule has 2 aromatic rings. The van der Waals surface area contributed by atoms with Crippen LogP contribution >= 0.6 is 11.6 Å². The van der Waals surface area contributed by atoms with Gasteiger partial charge in [-0.1, -0.05) is 11.6 Å². The molecule has 0 aliphatic heterocycles. The lowest BCUT2D eigenvalue weighted by atomic mass is 10.2. The van der Waals surface area contributed by atoms with Crippen molar-refractivity contribution in [3.8, 4) is 11.5 Å². The second-order valence-corrected chi connectivity index (χ2v) is 5.25. The highest BCUT2D eigenvalue weighted by Crippen LogP contribution is 2.19. The van der Waals surface area contributed by atoms with Crippen molar-refractivity contribution in [1.29, 1.82) is 0 Å². The average Bonchev–Trinajstić information content (AvgIpc) is 2.59. The zero-order valence-corrected chi connectivity index (χ0v) is 14.1. The molecule has 0 saturated heterocycles. The molecule has 2 amide bonds. The second-order valence-electron chi connectivity index (χ2n) is 4.81. The molecule has 0 heterocycles. The van der Waals surface area contributed by atoms with Gasteiger partial charge in [0.1, 0.15) is 11.5 Å². The first-order chi connectivity index (χ1) is 12.0. The lowest BCUT2D eigenvalue weighted by Crippen LogP contribution is -2.32. The summed E-state index contributed by atoms with van der Waals surface area (Å²) < 4.78 is 5.29. The number of ether oxygens (including phenoxy) is 1. The van der Waals surface area contributed by atoms with Crippen LogP contribution in [0.3, 0.4) is 0 Å². The SMILES string of the molecule is CCOc1ccc(NC(=O)C(=O)N/N=C\c2cc(Cl)ccc2O)cc1. The van der Waals surface area contributed by atoms with Crippen LogP contribution in [0.4, 0.5) is 5.69 Å². The predicted molar refractivity (Wildman–Crippen MR) is 95.1 cm³/mol. The zero-order valence-electron chi connectivity index (χ0n) is 13.3. The Bertz CT molecular complexity index is 791. The Hall–Kier alpha value is -3.06. The molecule has 2 rings (SSSR count). The highest BCUT2D eigenvalue weighted by atomic mass is 35.5. The topological polar surface area (TPSA) is 100 Å². The third kappa shape index (κ3) is 5.50. The number of hydrazone groups is 1. The molecule has 7 nitrogen and oxygen atoms in total. The third-order valence-electron chi connectivity index (χ3n) is 2.99. The molecule has 0 fully saturated rings. The first-order valence-corrected chi connectivity index (χ1v) is 7.73. The van der Waals surface area contributed by atoms with Gasteiger partial charge < -0.3 is 15.2 Å². The quantitative estimate of drug-likeness (QED) is 0.433. The Balaban J connectivity index is 1.90. The highest BCUT2D eigenvalue weighted by Gasteiger charge is 2.13. The Labute approximate surface area is 149 Å². The van der Waals surface area contributed by atoms with Crippen molar-refractivity contribution in [3.05, 3.63) is 53.1 Å². The molecule has 0 saturated carbocycles. The van der Waals surface area contributed by atoms with E-state index in [1.807, 2.05) is 6.92 Å². The van der Waals surface area contributed by atoms with Crippen LogP contribution in [0, 0.1) is 0 Å². The van der Waals surface area contributed by atoms with Crippen LogP contribution < -0.4 is 15.5 Å². The normalized spacial score (nSPS) is 10.5. The fourth-order valence-corrected chi connectivity index (χ4v) is 2.01. The van der Waals surface area contributed by atoms with E-state index in [-0.39, 0.29) is 5.75 Å². The van der Waals surface area contributed by atoms with Crippen LogP contribution in [0.5, 0.6) is 11.5 Å². The van der Waals surface area contributed by atoms with Gasteiger partial charge in [0.15, 0.2) is 0 Å². The number of halogens is 1. The van der Waals surface area contributed by atoms with Gasteiger partial charge in [-0.25, -0.2) is 5.43 Å². The fraction of sp³-hybridized carbons (Fsp3) is 0.118. The number of benzene rings is 2. The maximum atomic E-state index is 11.8. The number of carbonyl (C=O) groups excluding carboxylic acids is 2. The van der Waals surface area contributed by atoms with Gasteiger partial charge in [0.25, 0.3) is 0 Å². The summed E-state index contributed by atoms with van der Waals surface area (Å²) in [6, 6.07) is 11.0. The van der Waals surface area contributed by atoms with E-state index < -0.39 is 11.8 Å². The molecular formula is C17H16ClN3O4. The molecule has 25 heavy (non-hydrogen) atoms. The average molecular weight is 362 g/mol. The van der Waals surface area contributed by atoms with Gasteiger partial charge in [0.2, 0.25) is 0 Å². The van der Waals surface area contributed by atoms with E-state index in [1.54, 1.807) is 24.3 Å².